The molecule has 0 saturated carbocycles. The van der Waals surface area contributed by atoms with Crippen LogP contribution in [0.4, 0.5) is 5.82 Å². The van der Waals surface area contributed by atoms with Gasteiger partial charge >= 0.3 is 0 Å². The van der Waals surface area contributed by atoms with Gasteiger partial charge in [0, 0.05) is 6.20 Å². The van der Waals surface area contributed by atoms with Crippen LogP contribution in [0.3, 0.4) is 0 Å². The molecule has 22 heavy (non-hydrogen) atoms. The molecule has 1 aromatic heterocycles. The van der Waals surface area contributed by atoms with Gasteiger partial charge in [0.25, 0.3) is 0 Å². The maximum atomic E-state index is 10.4. The van der Waals surface area contributed by atoms with Crippen LogP contribution in [0.1, 0.15) is 11.6 Å². The van der Waals surface area contributed by atoms with Gasteiger partial charge in [-0.25, -0.2) is 9.97 Å². The van der Waals surface area contributed by atoms with Crippen molar-refractivity contribution < 1.29 is 14.6 Å². The zero-order chi connectivity index (χ0) is 15.2. The summed E-state index contributed by atoms with van der Waals surface area (Å²) in [5, 5.41) is 10.5. The number of halogens is 1. The number of hydrogen-bond acceptors (Lipinski definition) is 6. The third-order valence-electron chi connectivity index (χ3n) is 4.04. The highest BCUT2D eigenvalue weighted by atomic mass is 35.5. The van der Waals surface area contributed by atoms with E-state index in [0.29, 0.717) is 19.0 Å². The lowest BCUT2D eigenvalue weighted by Crippen LogP contribution is -2.54. The van der Waals surface area contributed by atoms with E-state index in [4.69, 9.17) is 21.1 Å². The second-order valence-electron chi connectivity index (χ2n) is 5.41. The SMILES string of the molecule is OC1OC2(COC2)C(c2ccccc2)N1c1ccnc(Cl)n1. The lowest BCUT2D eigenvalue weighted by molar-refractivity contribution is -0.238. The van der Waals surface area contributed by atoms with Gasteiger partial charge in [-0.05, 0) is 23.2 Å². The van der Waals surface area contributed by atoms with E-state index in [1.165, 1.54) is 0 Å². The first-order chi connectivity index (χ1) is 10.7. The van der Waals surface area contributed by atoms with E-state index in [1.54, 1.807) is 17.2 Å². The fourth-order valence-corrected chi connectivity index (χ4v) is 3.20. The van der Waals surface area contributed by atoms with E-state index in [-0.39, 0.29) is 11.3 Å². The van der Waals surface area contributed by atoms with Crippen LogP contribution < -0.4 is 4.90 Å². The lowest BCUT2D eigenvalue weighted by atomic mass is 9.86. The first-order valence-corrected chi connectivity index (χ1v) is 7.33. The van der Waals surface area contributed by atoms with Gasteiger partial charge in [0.2, 0.25) is 11.7 Å². The molecular weight excluding hydrogens is 306 g/mol. The summed E-state index contributed by atoms with van der Waals surface area (Å²) in [7, 11) is 0. The number of benzene rings is 1. The van der Waals surface area contributed by atoms with Crippen LogP contribution in [0.25, 0.3) is 0 Å². The van der Waals surface area contributed by atoms with E-state index in [9.17, 15) is 5.11 Å². The molecule has 2 aliphatic rings. The molecule has 1 aromatic carbocycles. The van der Waals surface area contributed by atoms with Crippen LogP contribution in [-0.4, -0.2) is 40.3 Å². The summed E-state index contributed by atoms with van der Waals surface area (Å²) < 4.78 is 11.2. The second-order valence-corrected chi connectivity index (χ2v) is 5.74. The Kier molecular flexibility index (Phi) is 3.27. The Labute approximate surface area is 132 Å². The van der Waals surface area contributed by atoms with Gasteiger partial charge < -0.3 is 14.6 Å². The minimum absolute atomic E-state index is 0.127. The number of aliphatic hydroxyl groups excluding tert-OH is 1. The fraction of sp³-hybridized carbons (Fsp3) is 0.333. The molecular formula is C15H14ClN3O3. The van der Waals surface area contributed by atoms with E-state index < -0.39 is 12.0 Å². The van der Waals surface area contributed by atoms with Gasteiger partial charge in [0.15, 0.2) is 0 Å². The largest absolute Gasteiger partial charge is 0.375 e. The Bertz CT molecular complexity index is 681. The molecule has 0 bridgehead atoms. The second kappa shape index (κ2) is 5.17. The summed E-state index contributed by atoms with van der Waals surface area (Å²) in [4.78, 5) is 9.80. The smallest absolute Gasteiger partial charge is 0.240 e. The van der Waals surface area contributed by atoms with Gasteiger partial charge in [0.05, 0.1) is 19.3 Å². The average molecular weight is 320 g/mol. The topological polar surface area (TPSA) is 67.7 Å². The van der Waals surface area contributed by atoms with E-state index in [2.05, 4.69) is 9.97 Å². The summed E-state index contributed by atoms with van der Waals surface area (Å²) >= 11 is 5.89. The van der Waals surface area contributed by atoms with Gasteiger partial charge in [-0.1, -0.05) is 30.3 Å². The number of nitrogens with zero attached hydrogens (tertiary/aromatic N) is 3. The molecule has 2 unspecified atom stereocenters. The zero-order valence-corrected chi connectivity index (χ0v) is 12.3. The quantitative estimate of drug-likeness (QED) is 0.851. The molecule has 0 radical (unpaired) electrons. The van der Waals surface area contributed by atoms with Crippen LogP contribution in [0, 0.1) is 0 Å². The van der Waals surface area contributed by atoms with Crippen LogP contribution in [-0.2, 0) is 9.47 Å². The van der Waals surface area contributed by atoms with Crippen molar-refractivity contribution in [1.29, 1.82) is 0 Å². The van der Waals surface area contributed by atoms with Crippen molar-refractivity contribution in [2.45, 2.75) is 18.1 Å². The molecule has 6 nitrogen and oxygen atoms in total. The van der Waals surface area contributed by atoms with Gasteiger partial charge in [-0.2, -0.15) is 0 Å². The highest BCUT2D eigenvalue weighted by Crippen LogP contribution is 2.48. The molecule has 2 saturated heterocycles. The Morgan fingerprint density at radius 3 is 2.64 bits per heavy atom. The summed E-state index contributed by atoms with van der Waals surface area (Å²) in [6, 6.07) is 11.4. The van der Waals surface area contributed by atoms with Gasteiger partial charge in [-0.3, -0.25) is 4.90 Å². The molecule has 1 N–H and O–H groups in total. The number of ether oxygens (including phenoxy) is 2. The first-order valence-electron chi connectivity index (χ1n) is 6.95. The number of aliphatic hydroxyl groups is 1. The minimum Gasteiger partial charge on any atom is -0.375 e. The third kappa shape index (κ3) is 2.07. The van der Waals surface area contributed by atoms with Crippen molar-refractivity contribution in [3.63, 3.8) is 0 Å². The summed E-state index contributed by atoms with van der Waals surface area (Å²) in [5.74, 6) is 0.519. The van der Waals surface area contributed by atoms with Crippen LogP contribution in [0.5, 0.6) is 0 Å². The van der Waals surface area contributed by atoms with Gasteiger partial charge in [0.1, 0.15) is 11.4 Å². The third-order valence-corrected chi connectivity index (χ3v) is 4.22. The molecule has 2 atom stereocenters. The summed E-state index contributed by atoms with van der Waals surface area (Å²) in [5.41, 5.74) is 0.454. The normalized spacial score (nSPS) is 26.2. The fourth-order valence-electron chi connectivity index (χ4n) is 3.06. The molecule has 4 rings (SSSR count). The van der Waals surface area contributed by atoms with Crippen LogP contribution >= 0.6 is 11.6 Å². The molecule has 114 valence electrons. The van der Waals surface area contributed by atoms with Crippen molar-refractivity contribution >= 4 is 17.4 Å². The summed E-state index contributed by atoms with van der Waals surface area (Å²) in [6.45, 7) is 0.859. The van der Waals surface area contributed by atoms with Gasteiger partial charge in [-0.15, -0.1) is 0 Å². The number of anilines is 1. The molecule has 3 heterocycles. The maximum Gasteiger partial charge on any atom is 0.240 e. The summed E-state index contributed by atoms with van der Waals surface area (Å²) in [6.07, 6.45) is 0.446. The number of rotatable bonds is 2. The number of hydrogen-bond donors (Lipinski definition) is 1. The monoisotopic (exact) mass is 319 g/mol. The predicted molar refractivity (Wildman–Crippen MR) is 79.3 cm³/mol. The maximum absolute atomic E-state index is 10.4. The standard InChI is InChI=1S/C15H14ClN3O3/c16-13-17-7-6-11(18-13)19-12(10-4-2-1-3-5-10)15(8-21-9-15)22-14(19)20/h1-7,12,14,20H,8-9H2. The molecule has 7 heteroatoms. The van der Waals surface area contributed by atoms with Crippen molar-refractivity contribution in [3.8, 4) is 0 Å². The average Bonchev–Trinajstić information content (AvgIpc) is 2.82. The predicted octanol–water partition coefficient (Wildman–Crippen LogP) is 1.75. The first kappa shape index (κ1) is 13.9. The van der Waals surface area contributed by atoms with Crippen LogP contribution in [0.2, 0.25) is 5.28 Å². The van der Waals surface area contributed by atoms with E-state index in [0.717, 1.165) is 5.56 Å². The Morgan fingerprint density at radius 2 is 2.00 bits per heavy atom. The van der Waals surface area contributed by atoms with Crippen LogP contribution in [0.15, 0.2) is 42.6 Å². The molecule has 2 aliphatic heterocycles. The van der Waals surface area contributed by atoms with Crippen molar-refractivity contribution in [2.24, 2.45) is 0 Å². The Hall–Kier alpha value is -1.73. The molecule has 2 fully saturated rings. The molecule has 0 aliphatic carbocycles. The van der Waals surface area contributed by atoms with E-state index >= 15 is 0 Å². The van der Waals surface area contributed by atoms with Crippen molar-refractivity contribution in [1.82, 2.24) is 9.97 Å². The highest BCUT2D eigenvalue weighted by molar-refractivity contribution is 6.28. The lowest BCUT2D eigenvalue weighted by Gasteiger charge is -2.42. The Balaban J connectivity index is 1.81. The highest BCUT2D eigenvalue weighted by Gasteiger charge is 2.59. The number of aromatic nitrogens is 2. The molecule has 2 aromatic rings. The minimum atomic E-state index is -1.11. The van der Waals surface area contributed by atoms with Crippen molar-refractivity contribution in [2.75, 3.05) is 18.1 Å². The molecule has 1 spiro atoms. The Morgan fingerprint density at radius 1 is 1.23 bits per heavy atom. The zero-order valence-electron chi connectivity index (χ0n) is 11.6. The van der Waals surface area contributed by atoms with Crippen molar-refractivity contribution in [3.05, 3.63) is 53.4 Å². The molecule has 0 amide bonds. The van der Waals surface area contributed by atoms with E-state index in [1.807, 2.05) is 30.3 Å².